The summed E-state index contributed by atoms with van der Waals surface area (Å²) in [6.07, 6.45) is 6.00. The molecule has 2 heterocycles. The Morgan fingerprint density at radius 2 is 2.05 bits per heavy atom. The Hall–Kier alpha value is -1.39. The molecule has 4 heteroatoms. The van der Waals surface area contributed by atoms with Crippen LogP contribution >= 0.6 is 0 Å². The Morgan fingerprint density at radius 1 is 1.30 bits per heavy atom. The van der Waals surface area contributed by atoms with Crippen molar-refractivity contribution >= 4 is 5.65 Å². The molecule has 0 saturated heterocycles. The van der Waals surface area contributed by atoms with Crippen molar-refractivity contribution in [2.24, 2.45) is 5.41 Å². The Balaban J connectivity index is 2.04. The number of aryl methyl sites for hydroxylation is 1. The second kappa shape index (κ2) is 6.37. The van der Waals surface area contributed by atoms with Gasteiger partial charge in [0.2, 0.25) is 0 Å². The van der Waals surface area contributed by atoms with E-state index >= 15 is 0 Å². The Morgan fingerprint density at radius 3 is 2.70 bits per heavy atom. The topological polar surface area (TPSA) is 49.6 Å². The van der Waals surface area contributed by atoms with Gasteiger partial charge in [0.15, 0.2) is 0 Å². The van der Waals surface area contributed by atoms with Gasteiger partial charge in [0.25, 0.3) is 0 Å². The molecule has 0 amide bonds. The Bertz CT molecular complexity index is 550. The fraction of sp³-hybridized carbons (Fsp3) is 0.562. The monoisotopic (exact) mass is 275 g/mol. The molecule has 0 radical (unpaired) electrons. The molecular formula is C16H25N3O. The second-order valence-electron chi connectivity index (χ2n) is 5.65. The van der Waals surface area contributed by atoms with Crippen LogP contribution in [0.25, 0.3) is 5.65 Å². The first kappa shape index (κ1) is 15.0. The summed E-state index contributed by atoms with van der Waals surface area (Å²) in [5.74, 6) is 0. The van der Waals surface area contributed by atoms with E-state index in [1.54, 1.807) is 0 Å². The van der Waals surface area contributed by atoms with Crippen molar-refractivity contribution in [2.45, 2.75) is 40.2 Å². The number of aromatic nitrogens is 2. The van der Waals surface area contributed by atoms with E-state index in [2.05, 4.69) is 47.7 Å². The number of aliphatic hydroxyl groups is 1. The van der Waals surface area contributed by atoms with Gasteiger partial charge in [-0.15, -0.1) is 0 Å². The third-order valence-electron chi connectivity index (χ3n) is 4.37. The molecule has 0 aliphatic rings. The number of imidazole rings is 1. The summed E-state index contributed by atoms with van der Waals surface area (Å²) in [7, 11) is 0. The zero-order valence-corrected chi connectivity index (χ0v) is 12.7. The van der Waals surface area contributed by atoms with Crippen molar-refractivity contribution < 1.29 is 5.11 Å². The largest absolute Gasteiger partial charge is 0.396 e. The maximum atomic E-state index is 9.58. The van der Waals surface area contributed by atoms with Crippen LogP contribution in [0.5, 0.6) is 0 Å². The molecule has 0 atom stereocenters. The highest BCUT2D eigenvalue weighted by Crippen LogP contribution is 2.24. The lowest BCUT2D eigenvalue weighted by Gasteiger charge is -2.29. The summed E-state index contributed by atoms with van der Waals surface area (Å²) in [4.78, 5) is 4.41. The van der Waals surface area contributed by atoms with Crippen LogP contribution in [-0.4, -0.2) is 27.6 Å². The molecule has 0 aliphatic carbocycles. The van der Waals surface area contributed by atoms with Gasteiger partial charge in [-0.1, -0.05) is 19.9 Å². The molecule has 0 bridgehead atoms. The van der Waals surface area contributed by atoms with E-state index in [1.807, 2.05) is 12.3 Å². The number of nitrogens with zero attached hydrogens (tertiary/aromatic N) is 2. The minimum Gasteiger partial charge on any atom is -0.396 e. The molecule has 0 aromatic carbocycles. The molecule has 0 aliphatic heterocycles. The van der Waals surface area contributed by atoms with E-state index in [4.69, 9.17) is 0 Å². The molecular weight excluding hydrogens is 250 g/mol. The summed E-state index contributed by atoms with van der Waals surface area (Å²) in [6.45, 7) is 8.20. The quantitative estimate of drug-likeness (QED) is 0.816. The number of fused-ring (bicyclic) bond motifs is 1. The van der Waals surface area contributed by atoms with E-state index in [0.717, 1.165) is 37.3 Å². The SMILES string of the molecule is CCC(CC)(CO)CNCc1cnc2ccc(C)cn12. The van der Waals surface area contributed by atoms with Crippen LogP contribution in [-0.2, 0) is 6.54 Å². The average molecular weight is 275 g/mol. The van der Waals surface area contributed by atoms with Crippen LogP contribution in [0, 0.1) is 12.3 Å². The smallest absolute Gasteiger partial charge is 0.136 e. The highest BCUT2D eigenvalue weighted by Gasteiger charge is 2.24. The predicted molar refractivity (Wildman–Crippen MR) is 81.7 cm³/mol. The Kier molecular flexibility index (Phi) is 4.78. The first-order valence-electron chi connectivity index (χ1n) is 7.38. The van der Waals surface area contributed by atoms with E-state index in [0.29, 0.717) is 0 Å². The second-order valence-corrected chi connectivity index (χ2v) is 5.65. The third-order valence-corrected chi connectivity index (χ3v) is 4.37. The van der Waals surface area contributed by atoms with Gasteiger partial charge in [-0.05, 0) is 31.4 Å². The summed E-state index contributed by atoms with van der Waals surface area (Å²) >= 11 is 0. The number of hydrogen-bond donors (Lipinski definition) is 2. The maximum Gasteiger partial charge on any atom is 0.136 e. The van der Waals surface area contributed by atoms with Gasteiger partial charge >= 0.3 is 0 Å². The van der Waals surface area contributed by atoms with Gasteiger partial charge in [0, 0.05) is 31.3 Å². The van der Waals surface area contributed by atoms with Gasteiger partial charge in [-0.2, -0.15) is 0 Å². The molecule has 2 rings (SSSR count). The lowest BCUT2D eigenvalue weighted by Crippen LogP contribution is -2.36. The fourth-order valence-corrected chi connectivity index (χ4v) is 2.50. The van der Waals surface area contributed by atoms with Crippen molar-refractivity contribution in [2.75, 3.05) is 13.2 Å². The summed E-state index contributed by atoms with van der Waals surface area (Å²) in [6, 6.07) is 4.11. The number of hydrogen-bond acceptors (Lipinski definition) is 3. The number of pyridine rings is 1. The lowest BCUT2D eigenvalue weighted by molar-refractivity contribution is 0.113. The lowest BCUT2D eigenvalue weighted by atomic mass is 9.83. The molecule has 0 fully saturated rings. The first-order valence-corrected chi connectivity index (χ1v) is 7.38. The van der Waals surface area contributed by atoms with E-state index in [9.17, 15) is 5.11 Å². The fourth-order valence-electron chi connectivity index (χ4n) is 2.50. The highest BCUT2D eigenvalue weighted by atomic mass is 16.3. The van der Waals surface area contributed by atoms with Gasteiger partial charge < -0.3 is 14.8 Å². The van der Waals surface area contributed by atoms with Crippen LogP contribution in [0.2, 0.25) is 0 Å². The van der Waals surface area contributed by atoms with Crippen LogP contribution in [0.1, 0.15) is 37.9 Å². The minimum absolute atomic E-state index is 0.00356. The molecule has 4 nitrogen and oxygen atoms in total. The molecule has 0 unspecified atom stereocenters. The molecule has 2 N–H and O–H groups in total. The minimum atomic E-state index is -0.00356. The molecule has 0 spiro atoms. The highest BCUT2D eigenvalue weighted by molar-refractivity contribution is 5.41. The number of rotatable bonds is 7. The van der Waals surface area contributed by atoms with Crippen LogP contribution in [0.3, 0.4) is 0 Å². The summed E-state index contributed by atoms with van der Waals surface area (Å²) in [5.41, 5.74) is 3.36. The van der Waals surface area contributed by atoms with E-state index in [-0.39, 0.29) is 12.0 Å². The Labute approximate surface area is 120 Å². The van der Waals surface area contributed by atoms with Crippen LogP contribution in [0.4, 0.5) is 0 Å². The van der Waals surface area contributed by atoms with Crippen molar-refractivity contribution in [3.8, 4) is 0 Å². The van der Waals surface area contributed by atoms with Crippen LogP contribution in [0.15, 0.2) is 24.5 Å². The van der Waals surface area contributed by atoms with Gasteiger partial charge in [0.05, 0.1) is 11.9 Å². The van der Waals surface area contributed by atoms with Crippen molar-refractivity contribution in [3.63, 3.8) is 0 Å². The standard InChI is InChI=1S/C16H25N3O/c1-4-16(5-2,12-20)11-17-8-14-9-18-15-7-6-13(3)10-19(14)15/h6-7,9-10,17,20H,4-5,8,11-12H2,1-3H3. The maximum absolute atomic E-state index is 9.58. The summed E-state index contributed by atoms with van der Waals surface area (Å²) in [5, 5.41) is 13.1. The number of nitrogens with one attached hydrogen (secondary N) is 1. The number of aliphatic hydroxyl groups excluding tert-OH is 1. The zero-order valence-electron chi connectivity index (χ0n) is 12.7. The average Bonchev–Trinajstić information content (AvgIpc) is 2.87. The van der Waals surface area contributed by atoms with Gasteiger partial charge in [-0.3, -0.25) is 0 Å². The van der Waals surface area contributed by atoms with Gasteiger partial charge in [-0.25, -0.2) is 4.98 Å². The molecule has 110 valence electrons. The molecule has 20 heavy (non-hydrogen) atoms. The zero-order chi connectivity index (χ0) is 14.6. The van der Waals surface area contributed by atoms with Crippen molar-refractivity contribution in [1.82, 2.24) is 14.7 Å². The molecule has 2 aromatic heterocycles. The third kappa shape index (κ3) is 3.02. The summed E-state index contributed by atoms with van der Waals surface area (Å²) < 4.78 is 2.13. The predicted octanol–water partition coefficient (Wildman–Crippen LogP) is 2.53. The van der Waals surface area contributed by atoms with Crippen LogP contribution < -0.4 is 5.32 Å². The van der Waals surface area contributed by atoms with E-state index < -0.39 is 0 Å². The van der Waals surface area contributed by atoms with Gasteiger partial charge in [0.1, 0.15) is 5.65 Å². The van der Waals surface area contributed by atoms with Crippen molar-refractivity contribution in [1.29, 1.82) is 0 Å². The normalized spacial score (nSPS) is 12.2. The van der Waals surface area contributed by atoms with Crippen molar-refractivity contribution in [3.05, 3.63) is 35.8 Å². The van der Waals surface area contributed by atoms with E-state index in [1.165, 1.54) is 5.56 Å². The molecule has 2 aromatic rings. The first-order chi connectivity index (χ1) is 9.64. The molecule has 0 saturated carbocycles.